The summed E-state index contributed by atoms with van der Waals surface area (Å²) in [6.45, 7) is 2.16. The van der Waals surface area contributed by atoms with E-state index in [2.05, 4.69) is 0 Å². The van der Waals surface area contributed by atoms with Crippen molar-refractivity contribution in [2.75, 3.05) is 18.1 Å². The molecule has 1 fully saturated rings. The first-order chi connectivity index (χ1) is 8.07. The number of hydrogen-bond donors (Lipinski definition) is 1. The monoisotopic (exact) mass is 255 g/mol. The smallest absolute Gasteiger partial charge is 0.415 e. The van der Waals surface area contributed by atoms with Crippen molar-refractivity contribution in [2.45, 2.75) is 18.9 Å². The Bertz CT molecular complexity index is 438. The average Bonchev–Trinajstić information content (AvgIpc) is 2.55. The quantitative estimate of drug-likeness (QED) is 0.903. The molecule has 1 amide bonds. The molecule has 0 aromatic heterocycles. The van der Waals surface area contributed by atoms with E-state index in [4.69, 9.17) is 21.4 Å². The van der Waals surface area contributed by atoms with Crippen molar-refractivity contribution < 1.29 is 14.6 Å². The Morgan fingerprint density at radius 2 is 2.35 bits per heavy atom. The van der Waals surface area contributed by atoms with Gasteiger partial charge in [0, 0.05) is 17.3 Å². The molecule has 1 aliphatic heterocycles. The summed E-state index contributed by atoms with van der Waals surface area (Å²) in [5.74, 6) is 0. The topological polar surface area (TPSA) is 49.8 Å². The Balaban J connectivity index is 2.37. The van der Waals surface area contributed by atoms with Gasteiger partial charge in [-0.05, 0) is 31.5 Å². The van der Waals surface area contributed by atoms with E-state index in [-0.39, 0.29) is 13.2 Å². The van der Waals surface area contributed by atoms with Crippen LogP contribution < -0.4 is 4.90 Å². The van der Waals surface area contributed by atoms with E-state index in [1.165, 1.54) is 0 Å². The van der Waals surface area contributed by atoms with Gasteiger partial charge < -0.3 is 9.84 Å². The van der Waals surface area contributed by atoms with Gasteiger partial charge in [0.25, 0.3) is 0 Å². The molecule has 0 radical (unpaired) electrons. The summed E-state index contributed by atoms with van der Waals surface area (Å²) in [6.07, 6.45) is 0.0637. The van der Waals surface area contributed by atoms with Gasteiger partial charge in [-0.3, -0.25) is 4.90 Å². The highest BCUT2D eigenvalue weighted by atomic mass is 35.5. The van der Waals surface area contributed by atoms with Gasteiger partial charge in [-0.2, -0.15) is 0 Å². The molecule has 0 aliphatic carbocycles. The van der Waals surface area contributed by atoms with Crippen LogP contribution in [0.1, 0.15) is 13.3 Å². The molecule has 0 spiro atoms. The van der Waals surface area contributed by atoms with E-state index in [9.17, 15) is 4.79 Å². The number of amides is 1. The van der Waals surface area contributed by atoms with Gasteiger partial charge in [-0.1, -0.05) is 17.7 Å². The highest BCUT2D eigenvalue weighted by molar-refractivity contribution is 6.30. The maximum Gasteiger partial charge on any atom is 0.415 e. The number of cyclic esters (lactones) is 1. The van der Waals surface area contributed by atoms with Crippen molar-refractivity contribution in [1.82, 2.24) is 0 Å². The SMILES string of the molecule is CC1(CCO)COC(=O)N1c1cccc(Cl)c1. The maximum absolute atomic E-state index is 11.8. The molecule has 92 valence electrons. The molecule has 4 nitrogen and oxygen atoms in total. The highest BCUT2D eigenvalue weighted by Gasteiger charge is 2.44. The van der Waals surface area contributed by atoms with Crippen LogP contribution in [0.5, 0.6) is 0 Å². The molecule has 1 atom stereocenters. The first-order valence-electron chi connectivity index (χ1n) is 5.40. The number of carbonyl (C=O) groups is 1. The van der Waals surface area contributed by atoms with Crippen molar-refractivity contribution in [1.29, 1.82) is 0 Å². The van der Waals surface area contributed by atoms with Gasteiger partial charge in [-0.25, -0.2) is 4.79 Å². The first-order valence-corrected chi connectivity index (χ1v) is 5.78. The van der Waals surface area contributed by atoms with Gasteiger partial charge in [0.2, 0.25) is 0 Å². The van der Waals surface area contributed by atoms with E-state index >= 15 is 0 Å². The highest BCUT2D eigenvalue weighted by Crippen LogP contribution is 2.33. The molecule has 2 rings (SSSR count). The second-order valence-corrected chi connectivity index (χ2v) is 4.78. The Kier molecular flexibility index (Phi) is 3.26. The lowest BCUT2D eigenvalue weighted by Gasteiger charge is -2.31. The number of rotatable bonds is 3. The molecular formula is C12H14ClNO3. The Hall–Kier alpha value is -1.26. The van der Waals surface area contributed by atoms with Crippen LogP contribution in [0.2, 0.25) is 5.02 Å². The molecule has 1 aromatic rings. The summed E-state index contributed by atoms with van der Waals surface area (Å²) in [5.41, 5.74) is 0.173. The van der Waals surface area contributed by atoms with E-state index in [0.717, 1.165) is 0 Å². The van der Waals surface area contributed by atoms with E-state index in [0.29, 0.717) is 17.1 Å². The fraction of sp³-hybridized carbons (Fsp3) is 0.417. The van der Waals surface area contributed by atoms with Gasteiger partial charge >= 0.3 is 6.09 Å². The third-order valence-corrected chi connectivity index (χ3v) is 3.18. The van der Waals surface area contributed by atoms with Gasteiger partial charge in [0.1, 0.15) is 6.61 Å². The molecule has 1 N–H and O–H groups in total. The predicted octanol–water partition coefficient (Wildman–Crippen LogP) is 2.44. The fourth-order valence-electron chi connectivity index (χ4n) is 2.02. The number of carbonyl (C=O) groups excluding carboxylic acids is 1. The third kappa shape index (κ3) is 2.23. The normalized spacial score (nSPS) is 23.9. The van der Waals surface area contributed by atoms with Crippen LogP contribution in [-0.4, -0.2) is 30.0 Å². The summed E-state index contributed by atoms with van der Waals surface area (Å²) in [4.78, 5) is 13.3. The van der Waals surface area contributed by atoms with Crippen LogP contribution in [0.4, 0.5) is 10.5 Å². The summed E-state index contributed by atoms with van der Waals surface area (Å²) >= 11 is 5.91. The zero-order chi connectivity index (χ0) is 12.5. The zero-order valence-corrected chi connectivity index (χ0v) is 10.3. The first kappa shape index (κ1) is 12.2. The van der Waals surface area contributed by atoms with Gasteiger partial charge in [-0.15, -0.1) is 0 Å². The Morgan fingerprint density at radius 3 is 3.00 bits per heavy atom. The van der Waals surface area contributed by atoms with Crippen LogP contribution in [0, 0.1) is 0 Å². The number of halogens is 1. The number of ether oxygens (including phenoxy) is 1. The number of nitrogens with zero attached hydrogens (tertiary/aromatic N) is 1. The third-order valence-electron chi connectivity index (χ3n) is 2.95. The number of anilines is 1. The zero-order valence-electron chi connectivity index (χ0n) is 9.52. The molecule has 1 aromatic carbocycles. The molecule has 1 heterocycles. The van der Waals surface area contributed by atoms with Crippen LogP contribution in [-0.2, 0) is 4.74 Å². The Labute approximate surface area is 105 Å². The van der Waals surface area contributed by atoms with E-state index < -0.39 is 11.6 Å². The van der Waals surface area contributed by atoms with Crippen LogP contribution >= 0.6 is 11.6 Å². The molecule has 17 heavy (non-hydrogen) atoms. The van der Waals surface area contributed by atoms with Crippen molar-refractivity contribution in [3.63, 3.8) is 0 Å². The minimum absolute atomic E-state index is 0.00417. The summed E-state index contributed by atoms with van der Waals surface area (Å²) in [7, 11) is 0. The number of benzene rings is 1. The predicted molar refractivity (Wildman–Crippen MR) is 65.4 cm³/mol. The summed E-state index contributed by atoms with van der Waals surface area (Å²) in [6, 6.07) is 7.04. The second-order valence-electron chi connectivity index (χ2n) is 4.34. The van der Waals surface area contributed by atoms with Crippen molar-refractivity contribution in [2.24, 2.45) is 0 Å². The molecule has 0 saturated carbocycles. The minimum Gasteiger partial charge on any atom is -0.447 e. The lowest BCUT2D eigenvalue weighted by molar-refractivity contribution is 0.167. The Morgan fingerprint density at radius 1 is 1.59 bits per heavy atom. The molecule has 5 heteroatoms. The van der Waals surface area contributed by atoms with Crippen molar-refractivity contribution in [3.05, 3.63) is 29.3 Å². The number of aliphatic hydroxyl groups is 1. The lowest BCUT2D eigenvalue weighted by Crippen LogP contribution is -2.45. The summed E-state index contributed by atoms with van der Waals surface area (Å²) < 4.78 is 5.06. The number of aliphatic hydroxyl groups excluding tert-OH is 1. The van der Waals surface area contributed by atoms with E-state index in [1.807, 2.05) is 6.92 Å². The lowest BCUT2D eigenvalue weighted by atomic mass is 9.97. The van der Waals surface area contributed by atoms with E-state index in [1.54, 1.807) is 29.2 Å². The maximum atomic E-state index is 11.8. The molecule has 1 unspecified atom stereocenters. The van der Waals surface area contributed by atoms with Gasteiger partial charge in [0.15, 0.2) is 0 Å². The standard InChI is InChI=1S/C12H14ClNO3/c1-12(5-6-15)8-17-11(16)14(12)10-4-2-3-9(13)7-10/h2-4,7,15H,5-6,8H2,1H3. The van der Waals surface area contributed by atoms with Crippen LogP contribution in [0.3, 0.4) is 0 Å². The molecular weight excluding hydrogens is 242 g/mol. The van der Waals surface area contributed by atoms with Gasteiger partial charge in [0.05, 0.1) is 5.54 Å². The second kappa shape index (κ2) is 4.55. The fourth-order valence-corrected chi connectivity index (χ4v) is 2.21. The summed E-state index contributed by atoms with van der Waals surface area (Å²) in [5, 5.41) is 9.64. The van der Waals surface area contributed by atoms with Crippen LogP contribution in [0.25, 0.3) is 0 Å². The van der Waals surface area contributed by atoms with Crippen molar-refractivity contribution >= 4 is 23.4 Å². The molecule has 1 aliphatic rings. The minimum atomic E-state index is -0.517. The average molecular weight is 256 g/mol. The largest absolute Gasteiger partial charge is 0.447 e. The number of hydrogen-bond acceptors (Lipinski definition) is 3. The van der Waals surface area contributed by atoms with Crippen LogP contribution in [0.15, 0.2) is 24.3 Å². The molecule has 0 bridgehead atoms. The van der Waals surface area contributed by atoms with Crippen molar-refractivity contribution in [3.8, 4) is 0 Å². The molecule has 1 saturated heterocycles.